The average molecular weight is 442 g/mol. The topological polar surface area (TPSA) is 88.2 Å². The van der Waals surface area contributed by atoms with Crippen molar-refractivity contribution < 1.29 is 23.9 Å². The van der Waals surface area contributed by atoms with Crippen LogP contribution < -0.4 is 10.1 Å². The number of nitrogens with zero attached hydrogens (tertiary/aromatic N) is 2. The third-order valence-corrected chi connectivity index (χ3v) is 6.64. The van der Waals surface area contributed by atoms with Gasteiger partial charge in [0.2, 0.25) is 17.7 Å². The van der Waals surface area contributed by atoms with Gasteiger partial charge >= 0.3 is 0 Å². The third-order valence-electron chi connectivity index (χ3n) is 6.64. The van der Waals surface area contributed by atoms with E-state index in [2.05, 4.69) is 10.2 Å². The number of amides is 3. The van der Waals surface area contributed by atoms with Crippen LogP contribution in [-0.2, 0) is 19.1 Å². The molecule has 172 valence electrons. The summed E-state index contributed by atoms with van der Waals surface area (Å²) in [5.74, 6) is -0.157. The minimum Gasteiger partial charge on any atom is -0.497 e. The lowest BCUT2D eigenvalue weighted by Crippen LogP contribution is -2.44. The monoisotopic (exact) mass is 441 g/mol. The highest BCUT2D eigenvalue weighted by molar-refractivity contribution is 6.05. The Hall–Kier alpha value is -2.71. The highest BCUT2D eigenvalue weighted by atomic mass is 16.5. The lowest BCUT2D eigenvalue weighted by molar-refractivity contribution is -0.140. The highest BCUT2D eigenvalue weighted by Crippen LogP contribution is 2.35. The molecule has 2 saturated heterocycles. The van der Waals surface area contributed by atoms with E-state index in [0.717, 1.165) is 24.4 Å². The van der Waals surface area contributed by atoms with E-state index in [1.165, 1.54) is 4.90 Å². The number of rotatable bonds is 8. The van der Waals surface area contributed by atoms with Crippen LogP contribution >= 0.6 is 0 Å². The number of ether oxygens (including phenoxy) is 2. The van der Waals surface area contributed by atoms with Crippen molar-refractivity contribution in [2.24, 2.45) is 11.8 Å². The largest absolute Gasteiger partial charge is 0.497 e. The second kappa shape index (κ2) is 10.3. The first kappa shape index (κ1) is 22.5. The molecule has 0 aromatic heterocycles. The number of likely N-dealkylation sites (tertiary alicyclic amines) is 1. The molecule has 1 N–H and O–H groups in total. The summed E-state index contributed by atoms with van der Waals surface area (Å²) in [6.07, 6.45) is 5.27. The Morgan fingerprint density at radius 3 is 2.31 bits per heavy atom. The van der Waals surface area contributed by atoms with Crippen molar-refractivity contribution in [2.75, 3.05) is 46.5 Å². The quantitative estimate of drug-likeness (QED) is 0.486. The van der Waals surface area contributed by atoms with Gasteiger partial charge in [-0.1, -0.05) is 24.3 Å². The maximum Gasteiger partial charge on any atom is 0.233 e. The normalized spacial score (nSPS) is 24.3. The van der Waals surface area contributed by atoms with E-state index in [1.807, 2.05) is 36.4 Å². The van der Waals surface area contributed by atoms with Crippen LogP contribution in [0.25, 0.3) is 0 Å². The lowest BCUT2D eigenvalue weighted by Gasteiger charge is -2.35. The second-order valence-electron chi connectivity index (χ2n) is 8.48. The Kier molecular flexibility index (Phi) is 7.22. The van der Waals surface area contributed by atoms with E-state index in [4.69, 9.17) is 9.47 Å². The molecule has 32 heavy (non-hydrogen) atoms. The fourth-order valence-corrected chi connectivity index (χ4v) is 4.77. The minimum absolute atomic E-state index is 0.0118. The molecule has 0 radical (unpaired) electrons. The van der Waals surface area contributed by atoms with Gasteiger partial charge in [0, 0.05) is 32.6 Å². The summed E-state index contributed by atoms with van der Waals surface area (Å²) in [5.41, 5.74) is 1.09. The summed E-state index contributed by atoms with van der Waals surface area (Å²) in [5, 5.41) is 3.01. The number of imide groups is 1. The second-order valence-corrected chi connectivity index (χ2v) is 8.48. The summed E-state index contributed by atoms with van der Waals surface area (Å²) in [6.45, 7) is 3.50. The van der Waals surface area contributed by atoms with Gasteiger partial charge in [0.25, 0.3) is 0 Å². The number of allylic oxidation sites excluding steroid dienone is 2. The number of carbonyl (C=O) groups is 3. The predicted octanol–water partition coefficient (Wildman–Crippen LogP) is 1.53. The first-order chi connectivity index (χ1) is 15.6. The van der Waals surface area contributed by atoms with Gasteiger partial charge in [-0.15, -0.1) is 0 Å². The van der Waals surface area contributed by atoms with E-state index in [0.29, 0.717) is 32.6 Å². The summed E-state index contributed by atoms with van der Waals surface area (Å²) in [7, 11) is 1.63. The van der Waals surface area contributed by atoms with Gasteiger partial charge < -0.3 is 14.8 Å². The Morgan fingerprint density at radius 2 is 1.72 bits per heavy atom. The smallest absolute Gasteiger partial charge is 0.233 e. The number of fused-ring (bicyclic) bond motifs is 1. The van der Waals surface area contributed by atoms with E-state index in [9.17, 15) is 14.4 Å². The zero-order valence-electron chi connectivity index (χ0n) is 18.5. The number of morpholine rings is 1. The molecular weight excluding hydrogens is 410 g/mol. The molecule has 3 amide bonds. The molecule has 3 atom stereocenters. The molecule has 1 aliphatic carbocycles. The Balaban J connectivity index is 1.33. The average Bonchev–Trinajstić information content (AvgIpc) is 3.08. The standard InChI is InChI=1S/C24H31N3O5/c1-31-18-8-6-17(7-9-18)21(26-12-14-32-15-13-26)16-25-22(28)10-11-27-23(29)19-4-2-3-5-20(19)24(27)30/h2-3,6-9,19-21H,4-5,10-16H2,1H3,(H,25,28)/t19-,20-,21+/m1/s1. The number of methoxy groups -OCH3 is 1. The van der Waals surface area contributed by atoms with Gasteiger partial charge in [-0.25, -0.2) is 0 Å². The molecule has 8 heteroatoms. The van der Waals surface area contributed by atoms with Crippen molar-refractivity contribution in [3.63, 3.8) is 0 Å². The van der Waals surface area contributed by atoms with Gasteiger partial charge in [-0.3, -0.25) is 24.2 Å². The zero-order valence-corrected chi connectivity index (χ0v) is 18.5. The van der Waals surface area contributed by atoms with Crippen molar-refractivity contribution in [3.05, 3.63) is 42.0 Å². The SMILES string of the molecule is COc1ccc([C@H](CNC(=O)CCN2C(=O)[C@@H]3CC=CC[C@H]3C2=O)N2CCOCC2)cc1. The summed E-state index contributed by atoms with van der Waals surface area (Å²) >= 11 is 0. The Bertz CT molecular complexity index is 837. The lowest BCUT2D eigenvalue weighted by atomic mass is 9.85. The van der Waals surface area contributed by atoms with Crippen LogP contribution in [0.2, 0.25) is 0 Å². The summed E-state index contributed by atoms with van der Waals surface area (Å²) in [6, 6.07) is 7.88. The van der Waals surface area contributed by atoms with Crippen molar-refractivity contribution in [1.82, 2.24) is 15.1 Å². The maximum absolute atomic E-state index is 12.6. The molecule has 2 aliphatic heterocycles. The number of benzene rings is 1. The fourth-order valence-electron chi connectivity index (χ4n) is 4.77. The number of hydrogen-bond acceptors (Lipinski definition) is 6. The molecule has 0 saturated carbocycles. The van der Waals surface area contributed by atoms with Gasteiger partial charge in [0.15, 0.2) is 0 Å². The highest BCUT2D eigenvalue weighted by Gasteiger charge is 2.46. The first-order valence-corrected chi connectivity index (χ1v) is 11.3. The van der Waals surface area contributed by atoms with Gasteiger partial charge in [-0.05, 0) is 30.5 Å². The van der Waals surface area contributed by atoms with Crippen LogP contribution in [0.3, 0.4) is 0 Å². The number of nitrogens with one attached hydrogen (secondary N) is 1. The van der Waals surface area contributed by atoms with Crippen molar-refractivity contribution in [3.8, 4) is 5.75 Å². The van der Waals surface area contributed by atoms with Crippen LogP contribution in [0.1, 0.15) is 30.9 Å². The van der Waals surface area contributed by atoms with Gasteiger partial charge in [0.1, 0.15) is 5.75 Å². The first-order valence-electron chi connectivity index (χ1n) is 11.3. The van der Waals surface area contributed by atoms with Crippen LogP contribution in [-0.4, -0.2) is 74.0 Å². The van der Waals surface area contributed by atoms with Crippen molar-refractivity contribution >= 4 is 17.7 Å². The van der Waals surface area contributed by atoms with E-state index in [-0.39, 0.29) is 48.6 Å². The fraction of sp³-hybridized carbons (Fsp3) is 0.542. The number of carbonyl (C=O) groups excluding carboxylic acids is 3. The molecule has 0 bridgehead atoms. The Labute approximate surface area is 188 Å². The van der Waals surface area contributed by atoms with E-state index in [1.54, 1.807) is 7.11 Å². The summed E-state index contributed by atoms with van der Waals surface area (Å²) < 4.78 is 10.7. The predicted molar refractivity (Wildman–Crippen MR) is 118 cm³/mol. The van der Waals surface area contributed by atoms with E-state index >= 15 is 0 Å². The van der Waals surface area contributed by atoms with Crippen molar-refractivity contribution in [2.45, 2.75) is 25.3 Å². The molecule has 1 aromatic carbocycles. The van der Waals surface area contributed by atoms with Crippen LogP contribution in [0.5, 0.6) is 5.75 Å². The van der Waals surface area contributed by atoms with Crippen molar-refractivity contribution in [1.29, 1.82) is 0 Å². The Morgan fingerprint density at radius 1 is 1.09 bits per heavy atom. The number of hydrogen-bond donors (Lipinski definition) is 1. The van der Waals surface area contributed by atoms with Crippen LogP contribution in [0.4, 0.5) is 0 Å². The molecule has 8 nitrogen and oxygen atoms in total. The molecule has 1 aromatic rings. The molecular formula is C24H31N3O5. The minimum atomic E-state index is -0.253. The molecule has 2 fully saturated rings. The molecule has 2 heterocycles. The van der Waals surface area contributed by atoms with E-state index < -0.39 is 0 Å². The third kappa shape index (κ3) is 4.86. The zero-order chi connectivity index (χ0) is 22.5. The van der Waals surface area contributed by atoms with Crippen LogP contribution in [0.15, 0.2) is 36.4 Å². The van der Waals surface area contributed by atoms with Gasteiger partial charge in [0.05, 0.1) is 38.2 Å². The molecule has 0 unspecified atom stereocenters. The molecule has 3 aliphatic rings. The maximum atomic E-state index is 12.6. The van der Waals surface area contributed by atoms with Crippen LogP contribution in [0, 0.1) is 11.8 Å². The molecule has 4 rings (SSSR count). The van der Waals surface area contributed by atoms with Gasteiger partial charge in [-0.2, -0.15) is 0 Å². The molecule has 0 spiro atoms. The summed E-state index contributed by atoms with van der Waals surface area (Å²) in [4.78, 5) is 41.4.